The van der Waals surface area contributed by atoms with Gasteiger partial charge in [0.15, 0.2) is 5.17 Å². The molecule has 0 atom stereocenters. The average molecular weight is 480 g/mol. The van der Waals surface area contributed by atoms with Crippen molar-refractivity contribution in [2.24, 2.45) is 10.2 Å². The van der Waals surface area contributed by atoms with E-state index < -0.39 is 0 Å². The first-order valence-corrected chi connectivity index (χ1v) is 10.9. The number of hydrogen-bond acceptors (Lipinski definition) is 5. The van der Waals surface area contributed by atoms with Gasteiger partial charge in [0.05, 0.1) is 23.9 Å². The maximum absolute atomic E-state index is 13.1. The quantitative estimate of drug-likeness (QED) is 0.261. The molecule has 7 heteroatoms. The van der Waals surface area contributed by atoms with Gasteiger partial charge in [0.25, 0.3) is 5.91 Å². The van der Waals surface area contributed by atoms with Crippen LogP contribution in [0, 0.1) is 6.92 Å². The lowest BCUT2D eigenvalue weighted by Crippen LogP contribution is -2.28. The maximum atomic E-state index is 13.1. The molecule has 0 spiro atoms. The summed E-state index contributed by atoms with van der Waals surface area (Å²) in [6, 6.07) is 19.3. The molecular weight excluding hydrogens is 462 g/mol. The molecule has 1 aliphatic heterocycles. The van der Waals surface area contributed by atoms with Crippen LogP contribution in [0.1, 0.15) is 22.5 Å². The lowest BCUT2D eigenvalue weighted by Gasteiger charge is -2.12. The summed E-state index contributed by atoms with van der Waals surface area (Å²) in [6.07, 6.45) is 5.16. The van der Waals surface area contributed by atoms with E-state index in [9.17, 15) is 4.79 Å². The fraction of sp³-hybridized carbons (Fsp3) is 0.0870. The van der Waals surface area contributed by atoms with Crippen molar-refractivity contribution in [2.75, 3.05) is 0 Å². The second-order valence-corrected chi connectivity index (χ2v) is 8.54. The minimum Gasteiger partial charge on any atom is -0.467 e. The zero-order valence-corrected chi connectivity index (χ0v) is 18.6. The molecule has 0 radical (unpaired) electrons. The molecule has 150 valence electrons. The Hall–Kier alpha value is -2.90. The van der Waals surface area contributed by atoms with Crippen molar-refractivity contribution in [3.8, 4) is 0 Å². The molecule has 0 N–H and O–H groups in total. The standard InChI is InChI=1S/C23H18BrN3O2S/c1-16-5-2-3-6-18(16)13-21-22(28)27(15-20-7-4-12-29-20)23(30-21)26-25-14-17-8-10-19(24)11-9-17/h2-14H,15H2,1H3/b21-13-,25-14+,26-23-. The maximum Gasteiger partial charge on any atom is 0.267 e. The molecule has 5 nitrogen and oxygen atoms in total. The molecule has 30 heavy (non-hydrogen) atoms. The number of halogens is 1. The van der Waals surface area contributed by atoms with Gasteiger partial charge in [-0.1, -0.05) is 52.3 Å². The Morgan fingerprint density at radius 2 is 1.90 bits per heavy atom. The number of aryl methyl sites for hydroxylation is 1. The first-order valence-electron chi connectivity index (χ1n) is 9.26. The van der Waals surface area contributed by atoms with Gasteiger partial charge < -0.3 is 4.42 Å². The topological polar surface area (TPSA) is 58.2 Å². The van der Waals surface area contributed by atoms with Crippen molar-refractivity contribution < 1.29 is 9.21 Å². The Kier molecular flexibility index (Phi) is 6.30. The Morgan fingerprint density at radius 3 is 2.63 bits per heavy atom. The third-order valence-corrected chi connectivity index (χ3v) is 6.00. The van der Waals surface area contributed by atoms with Crippen LogP contribution in [0.5, 0.6) is 0 Å². The van der Waals surface area contributed by atoms with E-state index in [1.54, 1.807) is 23.4 Å². The predicted octanol–water partition coefficient (Wildman–Crippen LogP) is 5.86. The van der Waals surface area contributed by atoms with Crippen LogP contribution < -0.4 is 0 Å². The Bertz CT molecular complexity index is 1140. The average Bonchev–Trinajstić information content (AvgIpc) is 3.35. The number of carbonyl (C=O) groups is 1. The van der Waals surface area contributed by atoms with E-state index in [0.29, 0.717) is 22.4 Å². The van der Waals surface area contributed by atoms with Crippen LogP contribution in [-0.2, 0) is 11.3 Å². The van der Waals surface area contributed by atoms with Crippen LogP contribution in [0.3, 0.4) is 0 Å². The molecule has 1 amide bonds. The van der Waals surface area contributed by atoms with Gasteiger partial charge in [-0.2, -0.15) is 5.10 Å². The third kappa shape index (κ3) is 4.80. The van der Waals surface area contributed by atoms with Crippen LogP contribution in [0.2, 0.25) is 0 Å². The molecule has 1 aliphatic rings. The number of thioether (sulfide) groups is 1. The zero-order chi connectivity index (χ0) is 20.9. The fourth-order valence-electron chi connectivity index (χ4n) is 2.86. The summed E-state index contributed by atoms with van der Waals surface area (Å²) >= 11 is 4.73. The van der Waals surface area contributed by atoms with E-state index in [-0.39, 0.29) is 5.91 Å². The van der Waals surface area contributed by atoms with Crippen LogP contribution in [0.4, 0.5) is 0 Å². The third-order valence-electron chi connectivity index (χ3n) is 4.48. The molecule has 0 unspecified atom stereocenters. The van der Waals surface area contributed by atoms with Gasteiger partial charge in [-0.3, -0.25) is 9.69 Å². The molecule has 0 aliphatic carbocycles. The molecular formula is C23H18BrN3O2S. The van der Waals surface area contributed by atoms with Crippen molar-refractivity contribution in [1.82, 2.24) is 4.90 Å². The van der Waals surface area contributed by atoms with Crippen LogP contribution in [0.25, 0.3) is 6.08 Å². The normalized spacial score (nSPS) is 17.0. The van der Waals surface area contributed by atoms with Gasteiger partial charge in [-0.15, -0.1) is 5.10 Å². The summed E-state index contributed by atoms with van der Waals surface area (Å²) in [5.74, 6) is 0.572. The lowest BCUT2D eigenvalue weighted by atomic mass is 10.1. The van der Waals surface area contributed by atoms with Crippen molar-refractivity contribution in [3.63, 3.8) is 0 Å². The number of furan rings is 1. The van der Waals surface area contributed by atoms with Crippen molar-refractivity contribution in [2.45, 2.75) is 13.5 Å². The minimum absolute atomic E-state index is 0.114. The highest BCUT2D eigenvalue weighted by atomic mass is 79.9. The van der Waals surface area contributed by atoms with E-state index in [4.69, 9.17) is 4.42 Å². The number of amidine groups is 1. The number of benzene rings is 2. The van der Waals surface area contributed by atoms with E-state index in [0.717, 1.165) is 21.2 Å². The summed E-state index contributed by atoms with van der Waals surface area (Å²) in [4.78, 5) is 15.3. The Morgan fingerprint density at radius 1 is 1.10 bits per heavy atom. The molecule has 2 aromatic carbocycles. The highest BCUT2D eigenvalue weighted by Crippen LogP contribution is 2.34. The van der Waals surface area contributed by atoms with E-state index in [1.165, 1.54) is 11.8 Å². The van der Waals surface area contributed by atoms with E-state index >= 15 is 0 Å². The first kappa shape index (κ1) is 20.4. The van der Waals surface area contributed by atoms with Gasteiger partial charge >= 0.3 is 0 Å². The summed E-state index contributed by atoms with van der Waals surface area (Å²) in [7, 11) is 0. The molecule has 1 saturated heterocycles. The Labute approximate surface area is 187 Å². The van der Waals surface area contributed by atoms with Crippen LogP contribution in [0.15, 0.2) is 90.9 Å². The number of rotatable bonds is 5. The number of nitrogens with zero attached hydrogens (tertiary/aromatic N) is 3. The molecule has 0 bridgehead atoms. The second kappa shape index (κ2) is 9.28. The smallest absolute Gasteiger partial charge is 0.267 e. The molecule has 1 aromatic heterocycles. The summed E-state index contributed by atoms with van der Waals surface area (Å²) < 4.78 is 6.43. The van der Waals surface area contributed by atoms with Crippen molar-refractivity contribution >= 4 is 51.1 Å². The molecule has 1 fully saturated rings. The van der Waals surface area contributed by atoms with E-state index in [2.05, 4.69) is 26.1 Å². The Balaban J connectivity index is 1.63. The number of carbonyl (C=O) groups excluding carboxylic acids is 1. The van der Waals surface area contributed by atoms with Gasteiger partial charge in [0, 0.05) is 4.47 Å². The van der Waals surface area contributed by atoms with Crippen LogP contribution in [-0.4, -0.2) is 22.2 Å². The van der Waals surface area contributed by atoms with Gasteiger partial charge in [-0.25, -0.2) is 0 Å². The number of amides is 1. The summed E-state index contributed by atoms with van der Waals surface area (Å²) in [5, 5.41) is 9.05. The predicted molar refractivity (Wildman–Crippen MR) is 125 cm³/mol. The SMILES string of the molecule is Cc1ccccc1/C=C1\S/C(=N\N=C\c2ccc(Br)cc2)N(Cc2ccco2)C1=O. The largest absolute Gasteiger partial charge is 0.467 e. The molecule has 2 heterocycles. The highest BCUT2D eigenvalue weighted by Gasteiger charge is 2.34. The van der Waals surface area contributed by atoms with Crippen molar-refractivity contribution in [3.05, 3.63) is 98.8 Å². The van der Waals surface area contributed by atoms with Crippen molar-refractivity contribution in [1.29, 1.82) is 0 Å². The van der Waals surface area contributed by atoms with Gasteiger partial charge in [0.2, 0.25) is 0 Å². The lowest BCUT2D eigenvalue weighted by molar-refractivity contribution is -0.122. The summed E-state index contributed by atoms with van der Waals surface area (Å²) in [6.45, 7) is 2.32. The zero-order valence-electron chi connectivity index (χ0n) is 16.2. The first-order chi connectivity index (χ1) is 14.6. The molecule has 3 aromatic rings. The van der Waals surface area contributed by atoms with E-state index in [1.807, 2.05) is 67.6 Å². The van der Waals surface area contributed by atoms with Gasteiger partial charge in [0.1, 0.15) is 5.76 Å². The summed E-state index contributed by atoms with van der Waals surface area (Å²) in [5.41, 5.74) is 3.03. The molecule has 0 saturated carbocycles. The van der Waals surface area contributed by atoms with Gasteiger partial charge in [-0.05, 0) is 65.7 Å². The fourth-order valence-corrected chi connectivity index (χ4v) is 4.05. The number of hydrogen-bond donors (Lipinski definition) is 0. The highest BCUT2D eigenvalue weighted by molar-refractivity contribution is 9.10. The monoisotopic (exact) mass is 479 g/mol. The second-order valence-electron chi connectivity index (χ2n) is 6.62. The minimum atomic E-state index is -0.114. The van der Waals surface area contributed by atoms with Crippen LogP contribution >= 0.6 is 27.7 Å². The molecule has 4 rings (SSSR count).